The quantitative estimate of drug-likeness (QED) is 0.0611. The SMILES string of the molecule is C=C/C=C\C1=C\C(NC(=O)C(/C=C/C=C/CCCCC(O)O)=C/C=C/N=C(C)\C(C=C)=C\C=C\F)CCCCC1. The lowest BCUT2D eigenvalue weighted by Crippen LogP contribution is -2.34. The molecule has 1 atom stereocenters. The summed E-state index contributed by atoms with van der Waals surface area (Å²) >= 11 is 0. The van der Waals surface area contributed by atoms with Crippen molar-refractivity contribution < 1.29 is 19.4 Å². The second kappa shape index (κ2) is 22.2. The molecule has 0 heterocycles. The highest BCUT2D eigenvalue weighted by molar-refractivity contribution is 6.01. The fourth-order valence-electron chi connectivity index (χ4n) is 3.97. The predicted octanol–water partition coefficient (Wildman–Crippen LogP) is 7.58. The van der Waals surface area contributed by atoms with E-state index in [1.54, 1.807) is 49.6 Å². The summed E-state index contributed by atoms with van der Waals surface area (Å²) in [6.07, 6.45) is 31.9. The van der Waals surface area contributed by atoms with E-state index in [1.165, 1.54) is 11.6 Å². The lowest BCUT2D eigenvalue weighted by atomic mass is 9.96. The van der Waals surface area contributed by atoms with Crippen LogP contribution in [0.4, 0.5) is 4.39 Å². The van der Waals surface area contributed by atoms with Crippen LogP contribution in [-0.2, 0) is 4.79 Å². The number of hydrogen-bond donors (Lipinski definition) is 3. The molecule has 3 N–H and O–H groups in total. The van der Waals surface area contributed by atoms with Gasteiger partial charge in [-0.05, 0) is 87.3 Å². The maximum atomic E-state index is 13.3. The molecule has 40 heavy (non-hydrogen) atoms. The molecule has 1 amide bonds. The van der Waals surface area contributed by atoms with Gasteiger partial charge in [-0.3, -0.25) is 9.79 Å². The van der Waals surface area contributed by atoms with Crippen LogP contribution in [0.1, 0.15) is 64.7 Å². The molecule has 1 aliphatic carbocycles. The molecule has 0 spiro atoms. The standard InChI is InChI=1S/C34H45FN2O3/c1-4-6-18-29-19-12-11-14-23-32(27-29)37-34(40)31(20-13-9-7-8-10-15-24-33(38)39)22-17-26-36-28(3)30(5-2)21-16-25-35/h4-7,9,13,16-18,20-22,25-27,32-33,38-39H,1-2,8,10-12,14-15,19,23-24H2,3H3,(H,37,40)/b9-7+,18-6-,20-13+,25-16+,26-17+,29-27-,30-21+,31-22+,36-28-. The topological polar surface area (TPSA) is 81.9 Å². The van der Waals surface area contributed by atoms with Gasteiger partial charge in [0.1, 0.15) is 0 Å². The first kappa shape index (κ1) is 34.4. The Morgan fingerprint density at radius 2 is 1.90 bits per heavy atom. The van der Waals surface area contributed by atoms with Crippen LogP contribution in [0.5, 0.6) is 0 Å². The number of unbranched alkanes of at least 4 members (excludes halogenated alkanes) is 2. The smallest absolute Gasteiger partial charge is 0.251 e. The number of rotatable bonds is 16. The lowest BCUT2D eigenvalue weighted by molar-refractivity contribution is -0.117. The average molecular weight is 549 g/mol. The van der Waals surface area contributed by atoms with Crippen molar-refractivity contribution >= 4 is 11.6 Å². The van der Waals surface area contributed by atoms with Crippen molar-refractivity contribution in [1.29, 1.82) is 0 Å². The molecule has 1 rings (SSSR count). The zero-order chi connectivity index (χ0) is 29.4. The number of hydrogen-bond acceptors (Lipinski definition) is 4. The Hall–Kier alpha value is -3.61. The van der Waals surface area contributed by atoms with Crippen molar-refractivity contribution in [3.8, 4) is 0 Å². The van der Waals surface area contributed by atoms with E-state index in [4.69, 9.17) is 10.2 Å². The fraction of sp³-hybridized carbons (Fsp3) is 0.353. The molecule has 0 saturated carbocycles. The van der Waals surface area contributed by atoms with Crippen LogP contribution in [0.15, 0.2) is 126 Å². The van der Waals surface area contributed by atoms with Crippen LogP contribution in [0.2, 0.25) is 0 Å². The van der Waals surface area contributed by atoms with Crippen molar-refractivity contribution in [1.82, 2.24) is 5.32 Å². The van der Waals surface area contributed by atoms with Crippen molar-refractivity contribution in [2.45, 2.75) is 77.0 Å². The zero-order valence-corrected chi connectivity index (χ0v) is 23.7. The van der Waals surface area contributed by atoms with E-state index in [9.17, 15) is 9.18 Å². The highest BCUT2D eigenvalue weighted by Crippen LogP contribution is 2.19. The summed E-state index contributed by atoms with van der Waals surface area (Å²) in [4.78, 5) is 17.7. The van der Waals surface area contributed by atoms with Crippen LogP contribution in [0, 0.1) is 0 Å². The van der Waals surface area contributed by atoms with Gasteiger partial charge in [-0.25, -0.2) is 4.39 Å². The van der Waals surface area contributed by atoms with Crippen LogP contribution < -0.4 is 5.32 Å². The molecule has 0 bridgehead atoms. The first-order valence-electron chi connectivity index (χ1n) is 13.9. The molecule has 0 saturated heterocycles. The fourth-order valence-corrected chi connectivity index (χ4v) is 3.97. The van der Waals surface area contributed by atoms with Gasteiger partial charge in [0.05, 0.1) is 6.33 Å². The minimum Gasteiger partial charge on any atom is -0.368 e. The molecule has 0 aromatic carbocycles. The molecule has 1 unspecified atom stereocenters. The summed E-state index contributed by atoms with van der Waals surface area (Å²) in [5.74, 6) is -0.180. The van der Waals surface area contributed by atoms with Crippen molar-refractivity contribution in [3.63, 3.8) is 0 Å². The highest BCUT2D eigenvalue weighted by Gasteiger charge is 2.14. The normalized spacial score (nSPS) is 19.6. The summed E-state index contributed by atoms with van der Waals surface area (Å²) in [7, 11) is 0. The van der Waals surface area contributed by atoms with Gasteiger partial charge in [0, 0.05) is 23.5 Å². The number of aliphatic imine (C=N–C) groups is 1. The van der Waals surface area contributed by atoms with Gasteiger partial charge in [0.25, 0.3) is 5.91 Å². The van der Waals surface area contributed by atoms with E-state index in [2.05, 4.69) is 35.6 Å². The van der Waals surface area contributed by atoms with Crippen LogP contribution in [-0.4, -0.2) is 34.2 Å². The van der Waals surface area contributed by atoms with Crippen molar-refractivity contribution in [2.24, 2.45) is 4.99 Å². The molecular weight excluding hydrogens is 503 g/mol. The second-order valence-electron chi connectivity index (χ2n) is 9.39. The van der Waals surface area contributed by atoms with E-state index < -0.39 is 6.29 Å². The first-order chi connectivity index (χ1) is 19.4. The third-order valence-corrected chi connectivity index (χ3v) is 6.14. The highest BCUT2D eigenvalue weighted by atomic mass is 19.1. The van der Waals surface area contributed by atoms with E-state index in [0.717, 1.165) is 51.4 Å². The summed E-state index contributed by atoms with van der Waals surface area (Å²) in [5.41, 5.74) is 3.03. The zero-order valence-electron chi connectivity index (χ0n) is 23.7. The van der Waals surface area contributed by atoms with Crippen LogP contribution >= 0.6 is 0 Å². The minimum atomic E-state index is -1.26. The second-order valence-corrected chi connectivity index (χ2v) is 9.39. The Kier molecular flexibility index (Phi) is 19.1. The number of carbonyl (C=O) groups is 1. The van der Waals surface area contributed by atoms with E-state index >= 15 is 0 Å². The van der Waals surface area contributed by atoms with Crippen LogP contribution in [0.3, 0.4) is 0 Å². The molecule has 0 aromatic rings. The van der Waals surface area contributed by atoms with Crippen molar-refractivity contribution in [3.05, 3.63) is 121 Å². The summed E-state index contributed by atoms with van der Waals surface area (Å²) in [6.45, 7) is 9.28. The number of amides is 1. The Balaban J connectivity index is 3.08. The molecule has 0 fully saturated rings. The van der Waals surface area contributed by atoms with Gasteiger partial charge in [-0.2, -0.15) is 0 Å². The van der Waals surface area contributed by atoms with Gasteiger partial charge in [-0.15, -0.1) is 0 Å². The predicted molar refractivity (Wildman–Crippen MR) is 166 cm³/mol. The van der Waals surface area contributed by atoms with Gasteiger partial charge >= 0.3 is 0 Å². The third kappa shape index (κ3) is 16.4. The van der Waals surface area contributed by atoms with Gasteiger partial charge in [0.15, 0.2) is 6.29 Å². The molecular formula is C34H45FN2O3. The minimum absolute atomic E-state index is 0.0698. The molecule has 216 valence electrons. The Labute approximate surface area is 239 Å². The number of halogens is 1. The Morgan fingerprint density at radius 1 is 1.10 bits per heavy atom. The monoisotopic (exact) mass is 548 g/mol. The molecule has 1 aliphatic rings. The van der Waals surface area contributed by atoms with Gasteiger partial charge in [-0.1, -0.05) is 80.7 Å². The van der Waals surface area contributed by atoms with E-state index in [0.29, 0.717) is 29.6 Å². The summed E-state index contributed by atoms with van der Waals surface area (Å²) in [5, 5.41) is 21.0. The lowest BCUT2D eigenvalue weighted by Gasteiger charge is -2.19. The van der Waals surface area contributed by atoms with Crippen molar-refractivity contribution in [2.75, 3.05) is 0 Å². The van der Waals surface area contributed by atoms with E-state index in [-0.39, 0.29) is 11.9 Å². The number of nitrogens with zero attached hydrogens (tertiary/aromatic N) is 1. The molecule has 6 heteroatoms. The molecule has 5 nitrogen and oxygen atoms in total. The maximum Gasteiger partial charge on any atom is 0.251 e. The average Bonchev–Trinajstić information content (AvgIpc) is 2.92. The van der Waals surface area contributed by atoms with Crippen LogP contribution in [0.25, 0.3) is 0 Å². The first-order valence-corrected chi connectivity index (χ1v) is 13.9. The molecule has 0 aromatic heterocycles. The van der Waals surface area contributed by atoms with Gasteiger partial charge in [0.2, 0.25) is 0 Å². The largest absolute Gasteiger partial charge is 0.368 e. The van der Waals surface area contributed by atoms with Gasteiger partial charge < -0.3 is 15.5 Å². The number of nitrogens with one attached hydrogen (secondary N) is 1. The Bertz CT molecular complexity index is 1070. The summed E-state index contributed by atoms with van der Waals surface area (Å²) in [6, 6.07) is -0.0698. The molecule has 0 radical (unpaired) electrons. The van der Waals surface area contributed by atoms with E-state index in [1.807, 2.05) is 24.3 Å². The molecule has 0 aliphatic heterocycles. The number of aliphatic hydroxyl groups is 2. The summed E-state index contributed by atoms with van der Waals surface area (Å²) < 4.78 is 12.3. The third-order valence-electron chi connectivity index (χ3n) is 6.14. The number of aliphatic hydroxyl groups excluding tert-OH is 1. The maximum absolute atomic E-state index is 13.3. The number of carbonyl (C=O) groups excluding carboxylic acids is 1. The number of allylic oxidation sites excluding steroid dienone is 13. The Morgan fingerprint density at radius 3 is 2.62 bits per heavy atom.